The number of nitrogens with zero attached hydrogens (tertiary/aromatic N) is 1. The normalized spacial score (nSPS) is 15.8. The van der Waals surface area contributed by atoms with Crippen molar-refractivity contribution in [3.63, 3.8) is 0 Å². The van der Waals surface area contributed by atoms with Gasteiger partial charge in [0.25, 0.3) is 0 Å². The summed E-state index contributed by atoms with van der Waals surface area (Å²) >= 11 is 0. The Hall–Kier alpha value is -2.22. The van der Waals surface area contributed by atoms with Gasteiger partial charge in [-0.3, -0.25) is 9.69 Å². The van der Waals surface area contributed by atoms with Crippen molar-refractivity contribution >= 4 is 15.9 Å². The van der Waals surface area contributed by atoms with Gasteiger partial charge in [0.2, 0.25) is 15.9 Å². The van der Waals surface area contributed by atoms with E-state index in [4.69, 9.17) is 0 Å². The molecule has 0 unspecified atom stereocenters. The van der Waals surface area contributed by atoms with Gasteiger partial charge in [0.1, 0.15) is 0 Å². The number of likely N-dealkylation sites (tertiary alicyclic amines) is 1. The van der Waals surface area contributed by atoms with Crippen LogP contribution in [0, 0.1) is 6.92 Å². The molecule has 1 fully saturated rings. The van der Waals surface area contributed by atoms with E-state index in [9.17, 15) is 13.2 Å². The van der Waals surface area contributed by atoms with E-state index in [0.717, 1.165) is 18.7 Å². The van der Waals surface area contributed by atoms with Crippen LogP contribution in [0.2, 0.25) is 0 Å². The second-order valence-electron chi connectivity index (χ2n) is 7.83. The van der Waals surface area contributed by atoms with Gasteiger partial charge in [-0.1, -0.05) is 42.0 Å². The molecular formula is C23H31N3O3S. The van der Waals surface area contributed by atoms with E-state index >= 15 is 0 Å². The van der Waals surface area contributed by atoms with Crippen LogP contribution in [-0.2, 0) is 21.2 Å². The standard InChI is InChI=1S/C23H31N3O3S/c1-18-5-10-20(11-6-18)22(26-15-3-4-16-26)17-25-23(27)14-9-19-7-12-21(13-8-19)30(28,29)24-2/h5-8,10-13,22,24H,3-4,9,14-17H2,1-2H3,(H,25,27)/t22-/m1/s1. The number of carbonyl (C=O) groups is 1. The fraction of sp³-hybridized carbons (Fsp3) is 0.435. The lowest BCUT2D eigenvalue weighted by Gasteiger charge is -2.28. The molecule has 1 heterocycles. The number of benzene rings is 2. The van der Waals surface area contributed by atoms with Gasteiger partial charge in [-0.2, -0.15) is 0 Å². The first-order valence-corrected chi connectivity index (χ1v) is 12.0. The lowest BCUT2D eigenvalue weighted by molar-refractivity contribution is -0.121. The minimum Gasteiger partial charge on any atom is -0.354 e. The fourth-order valence-corrected chi connectivity index (χ4v) is 4.54. The number of nitrogens with one attached hydrogen (secondary N) is 2. The second kappa shape index (κ2) is 10.2. The Morgan fingerprint density at radius 3 is 2.27 bits per heavy atom. The SMILES string of the molecule is CNS(=O)(=O)c1ccc(CCC(=O)NC[C@H](c2ccc(C)cc2)N2CCCC2)cc1. The highest BCUT2D eigenvalue weighted by atomic mass is 32.2. The van der Waals surface area contributed by atoms with Gasteiger partial charge in [0.15, 0.2) is 0 Å². The number of amides is 1. The molecule has 0 saturated carbocycles. The first-order valence-electron chi connectivity index (χ1n) is 10.5. The molecule has 1 aliphatic heterocycles. The molecule has 0 aliphatic carbocycles. The molecular weight excluding hydrogens is 398 g/mol. The molecule has 0 bridgehead atoms. The summed E-state index contributed by atoms with van der Waals surface area (Å²) in [6, 6.07) is 15.4. The van der Waals surface area contributed by atoms with Gasteiger partial charge in [-0.05, 0) is 69.6 Å². The zero-order valence-electron chi connectivity index (χ0n) is 17.7. The van der Waals surface area contributed by atoms with Gasteiger partial charge in [-0.25, -0.2) is 13.1 Å². The fourth-order valence-electron chi connectivity index (χ4n) is 3.81. The molecule has 0 aromatic heterocycles. The molecule has 0 radical (unpaired) electrons. The highest BCUT2D eigenvalue weighted by molar-refractivity contribution is 7.89. The van der Waals surface area contributed by atoms with Crippen LogP contribution in [0.15, 0.2) is 53.4 Å². The largest absolute Gasteiger partial charge is 0.354 e. The summed E-state index contributed by atoms with van der Waals surface area (Å²) in [5.41, 5.74) is 3.41. The third-order valence-corrected chi connectivity index (χ3v) is 7.11. The van der Waals surface area contributed by atoms with Crippen LogP contribution >= 0.6 is 0 Å². The summed E-state index contributed by atoms with van der Waals surface area (Å²) < 4.78 is 25.9. The molecule has 7 heteroatoms. The summed E-state index contributed by atoms with van der Waals surface area (Å²) in [6.45, 7) is 4.81. The molecule has 2 aromatic carbocycles. The first kappa shape index (κ1) is 22.5. The monoisotopic (exact) mass is 429 g/mol. The van der Waals surface area contributed by atoms with E-state index < -0.39 is 10.0 Å². The summed E-state index contributed by atoms with van der Waals surface area (Å²) in [6.07, 6.45) is 3.36. The van der Waals surface area contributed by atoms with Crippen LogP contribution in [0.1, 0.15) is 42.0 Å². The van der Waals surface area contributed by atoms with Crippen LogP contribution < -0.4 is 10.0 Å². The molecule has 1 saturated heterocycles. The first-order chi connectivity index (χ1) is 14.4. The lowest BCUT2D eigenvalue weighted by atomic mass is 10.0. The number of hydrogen-bond acceptors (Lipinski definition) is 4. The van der Waals surface area contributed by atoms with Crippen molar-refractivity contribution in [1.29, 1.82) is 0 Å². The Balaban J connectivity index is 1.55. The van der Waals surface area contributed by atoms with E-state index in [1.807, 2.05) is 0 Å². The molecule has 6 nitrogen and oxygen atoms in total. The van der Waals surface area contributed by atoms with Crippen molar-refractivity contribution in [2.45, 2.75) is 43.5 Å². The number of carbonyl (C=O) groups excluding carboxylic acids is 1. The van der Waals surface area contributed by atoms with Crippen molar-refractivity contribution < 1.29 is 13.2 Å². The maximum atomic E-state index is 12.5. The summed E-state index contributed by atoms with van der Waals surface area (Å²) in [4.78, 5) is 15.1. The zero-order chi connectivity index (χ0) is 21.6. The number of sulfonamides is 1. The van der Waals surface area contributed by atoms with Crippen LogP contribution in [0.4, 0.5) is 0 Å². The highest BCUT2D eigenvalue weighted by Crippen LogP contribution is 2.25. The van der Waals surface area contributed by atoms with Crippen LogP contribution in [-0.4, -0.2) is 45.9 Å². The quantitative estimate of drug-likeness (QED) is 0.643. The Kier molecular flexibility index (Phi) is 7.64. The Bertz CT molecular complexity index is 935. The minimum absolute atomic E-state index is 0.0123. The molecule has 1 aliphatic rings. The third kappa shape index (κ3) is 5.90. The molecule has 0 spiro atoms. The number of aryl methyl sites for hydroxylation is 2. The van der Waals surface area contributed by atoms with E-state index in [-0.39, 0.29) is 16.8 Å². The van der Waals surface area contributed by atoms with Crippen LogP contribution in [0.25, 0.3) is 0 Å². The summed E-state index contributed by atoms with van der Waals surface area (Å²) in [5.74, 6) is 0.0123. The van der Waals surface area contributed by atoms with E-state index in [2.05, 4.69) is 46.1 Å². The zero-order valence-corrected chi connectivity index (χ0v) is 18.5. The van der Waals surface area contributed by atoms with Gasteiger partial charge in [0.05, 0.1) is 10.9 Å². The van der Waals surface area contributed by atoms with Crippen molar-refractivity contribution in [1.82, 2.24) is 14.9 Å². The van der Waals surface area contributed by atoms with Gasteiger partial charge < -0.3 is 5.32 Å². The van der Waals surface area contributed by atoms with Crippen LogP contribution in [0.3, 0.4) is 0 Å². The minimum atomic E-state index is -3.44. The molecule has 162 valence electrons. The van der Waals surface area contributed by atoms with Crippen molar-refractivity contribution in [3.8, 4) is 0 Å². The number of rotatable bonds is 9. The third-order valence-electron chi connectivity index (χ3n) is 5.68. The Labute approximate surface area is 179 Å². The Morgan fingerprint density at radius 1 is 1.03 bits per heavy atom. The summed E-state index contributed by atoms with van der Waals surface area (Å²) in [7, 11) is -2.05. The molecule has 2 N–H and O–H groups in total. The molecule has 1 atom stereocenters. The average Bonchev–Trinajstić information content (AvgIpc) is 3.28. The van der Waals surface area contributed by atoms with Crippen molar-refractivity contribution in [2.75, 3.05) is 26.7 Å². The Morgan fingerprint density at radius 2 is 1.67 bits per heavy atom. The van der Waals surface area contributed by atoms with Gasteiger partial charge in [-0.15, -0.1) is 0 Å². The number of hydrogen-bond donors (Lipinski definition) is 2. The maximum absolute atomic E-state index is 12.5. The topological polar surface area (TPSA) is 78.5 Å². The van der Waals surface area contributed by atoms with Gasteiger partial charge >= 0.3 is 0 Å². The molecule has 3 rings (SSSR count). The molecule has 1 amide bonds. The smallest absolute Gasteiger partial charge is 0.240 e. The predicted octanol–water partition coefficient (Wildman–Crippen LogP) is 2.79. The highest BCUT2D eigenvalue weighted by Gasteiger charge is 2.23. The van der Waals surface area contributed by atoms with E-state index in [1.54, 1.807) is 24.3 Å². The lowest BCUT2D eigenvalue weighted by Crippen LogP contribution is -2.36. The van der Waals surface area contributed by atoms with Crippen LogP contribution in [0.5, 0.6) is 0 Å². The predicted molar refractivity (Wildman–Crippen MR) is 119 cm³/mol. The maximum Gasteiger partial charge on any atom is 0.240 e. The van der Waals surface area contributed by atoms with Crippen molar-refractivity contribution in [3.05, 3.63) is 65.2 Å². The van der Waals surface area contributed by atoms with E-state index in [1.165, 1.54) is 31.0 Å². The molecule has 2 aromatic rings. The second-order valence-corrected chi connectivity index (χ2v) is 9.71. The molecule has 30 heavy (non-hydrogen) atoms. The average molecular weight is 430 g/mol. The van der Waals surface area contributed by atoms with Crippen molar-refractivity contribution in [2.24, 2.45) is 0 Å². The summed E-state index contributed by atoms with van der Waals surface area (Å²) in [5, 5.41) is 3.10. The van der Waals surface area contributed by atoms with E-state index in [0.29, 0.717) is 19.4 Å². The van der Waals surface area contributed by atoms with Gasteiger partial charge in [0, 0.05) is 13.0 Å².